The van der Waals surface area contributed by atoms with Gasteiger partial charge >= 0.3 is 0 Å². The normalized spacial score (nSPS) is 20.6. The van der Waals surface area contributed by atoms with E-state index in [0.717, 1.165) is 24.7 Å². The highest BCUT2D eigenvalue weighted by atomic mass is 16.4. The molecule has 21 heavy (non-hydrogen) atoms. The van der Waals surface area contributed by atoms with Crippen molar-refractivity contribution < 1.29 is 9.90 Å². The molecule has 1 unspecified atom stereocenters. The first-order valence-electron chi connectivity index (χ1n) is 9.44. The number of carboxylic acids is 1. The van der Waals surface area contributed by atoms with Crippen LogP contribution < -0.4 is 5.11 Å². The first-order valence-corrected chi connectivity index (χ1v) is 9.44. The Balaban J connectivity index is 1.75. The Bertz CT molecular complexity index is 262. The number of hydrogen-bond donors (Lipinski definition) is 0. The fourth-order valence-electron chi connectivity index (χ4n) is 3.41. The summed E-state index contributed by atoms with van der Waals surface area (Å²) in [6.45, 7) is 2.28. The van der Waals surface area contributed by atoms with E-state index in [2.05, 4.69) is 6.92 Å². The molecule has 2 heteroatoms. The number of rotatable bonds is 15. The zero-order valence-corrected chi connectivity index (χ0v) is 14.1. The average molecular weight is 295 g/mol. The lowest BCUT2D eigenvalue weighted by Gasteiger charge is -2.03. The molecule has 1 aliphatic carbocycles. The molecule has 124 valence electrons. The molecule has 1 fully saturated rings. The van der Waals surface area contributed by atoms with E-state index in [-0.39, 0.29) is 6.42 Å². The maximum atomic E-state index is 10.3. The van der Waals surface area contributed by atoms with Crippen molar-refractivity contribution in [3.63, 3.8) is 0 Å². The smallest absolute Gasteiger partial charge is 0.0414 e. The van der Waals surface area contributed by atoms with E-state index in [4.69, 9.17) is 0 Å². The molecule has 1 rings (SSSR count). The second-order valence-corrected chi connectivity index (χ2v) is 6.99. The van der Waals surface area contributed by atoms with E-state index >= 15 is 0 Å². The van der Waals surface area contributed by atoms with Crippen LogP contribution in [0.5, 0.6) is 0 Å². The minimum absolute atomic E-state index is 0.237. The Morgan fingerprint density at radius 3 is 1.81 bits per heavy atom. The van der Waals surface area contributed by atoms with Crippen molar-refractivity contribution in [1.82, 2.24) is 0 Å². The molecule has 0 bridgehead atoms. The van der Waals surface area contributed by atoms with Crippen LogP contribution >= 0.6 is 0 Å². The third-order valence-corrected chi connectivity index (χ3v) is 4.95. The summed E-state index contributed by atoms with van der Waals surface area (Å²) in [5.74, 6) is 1.24. The van der Waals surface area contributed by atoms with Gasteiger partial charge < -0.3 is 9.90 Å². The van der Waals surface area contributed by atoms with Crippen LogP contribution in [0.3, 0.4) is 0 Å². The number of carbonyl (C=O) groups excluding carboxylic acids is 1. The topological polar surface area (TPSA) is 40.1 Å². The van der Waals surface area contributed by atoms with Gasteiger partial charge in [-0.15, -0.1) is 0 Å². The highest BCUT2D eigenvalue weighted by Gasteiger charge is 2.34. The van der Waals surface area contributed by atoms with Gasteiger partial charge in [0.25, 0.3) is 0 Å². The van der Waals surface area contributed by atoms with Crippen LogP contribution in [-0.2, 0) is 4.79 Å². The molecule has 1 aliphatic rings. The lowest BCUT2D eigenvalue weighted by atomic mass is 10.0. The Kier molecular flexibility index (Phi) is 10.6. The van der Waals surface area contributed by atoms with Crippen molar-refractivity contribution in [1.29, 1.82) is 0 Å². The minimum Gasteiger partial charge on any atom is -0.550 e. The maximum absolute atomic E-state index is 10.3. The summed E-state index contributed by atoms with van der Waals surface area (Å²) in [5, 5.41) is 10.3. The van der Waals surface area contributed by atoms with Crippen molar-refractivity contribution in [2.45, 2.75) is 103 Å². The quantitative estimate of drug-likeness (QED) is 0.405. The molecule has 0 aromatic heterocycles. The van der Waals surface area contributed by atoms with E-state index in [1.54, 1.807) is 0 Å². The van der Waals surface area contributed by atoms with E-state index < -0.39 is 5.97 Å². The summed E-state index contributed by atoms with van der Waals surface area (Å²) < 4.78 is 0. The Morgan fingerprint density at radius 2 is 1.29 bits per heavy atom. The summed E-state index contributed by atoms with van der Waals surface area (Å²) in [5.41, 5.74) is 0. The maximum Gasteiger partial charge on any atom is 0.0414 e. The van der Waals surface area contributed by atoms with Crippen LogP contribution in [-0.4, -0.2) is 5.97 Å². The molecular formula is C19H35O2-. The fourth-order valence-corrected chi connectivity index (χ4v) is 3.41. The van der Waals surface area contributed by atoms with Gasteiger partial charge in [0, 0.05) is 5.97 Å². The second kappa shape index (κ2) is 12.1. The lowest BCUT2D eigenvalue weighted by Crippen LogP contribution is -2.21. The van der Waals surface area contributed by atoms with Gasteiger partial charge in [0.1, 0.15) is 0 Å². The Labute approximate surface area is 131 Å². The zero-order chi connectivity index (χ0) is 15.3. The minimum atomic E-state index is -0.899. The molecule has 0 radical (unpaired) electrons. The number of aliphatic carboxylic acids is 1. The van der Waals surface area contributed by atoms with Gasteiger partial charge in [-0.25, -0.2) is 0 Å². The predicted octanol–water partition coefficient (Wildman–Crippen LogP) is 4.85. The van der Waals surface area contributed by atoms with Gasteiger partial charge in [-0.2, -0.15) is 0 Å². The third kappa shape index (κ3) is 10.8. The highest BCUT2D eigenvalue weighted by molar-refractivity contribution is 5.63. The monoisotopic (exact) mass is 295 g/mol. The first-order chi connectivity index (χ1) is 10.2. The highest BCUT2D eigenvalue weighted by Crippen LogP contribution is 2.45. The van der Waals surface area contributed by atoms with Gasteiger partial charge in [-0.05, 0) is 31.1 Å². The molecule has 0 heterocycles. The summed E-state index contributed by atoms with van der Waals surface area (Å²) in [4.78, 5) is 10.3. The summed E-state index contributed by atoms with van der Waals surface area (Å²) in [6, 6.07) is 0. The standard InChI is InChI=1S/C19H36O2/c1-2-3-4-10-13-17-16-18(17)14-11-8-6-5-7-9-12-15-19(20)21/h17-18H,2-16H2,1H3,(H,20,21)/p-1/t17?,18-/m1/s1. The van der Waals surface area contributed by atoms with Gasteiger partial charge in [0.2, 0.25) is 0 Å². The molecule has 0 aromatic rings. The van der Waals surface area contributed by atoms with Crippen LogP contribution in [0.1, 0.15) is 103 Å². The van der Waals surface area contributed by atoms with Crippen molar-refractivity contribution in [2.24, 2.45) is 11.8 Å². The molecule has 0 spiro atoms. The molecule has 0 aromatic carbocycles. The Morgan fingerprint density at radius 1 is 0.810 bits per heavy atom. The van der Waals surface area contributed by atoms with Crippen LogP contribution in [0.15, 0.2) is 0 Å². The second-order valence-electron chi connectivity index (χ2n) is 6.99. The van der Waals surface area contributed by atoms with Gasteiger partial charge in [0.05, 0.1) is 0 Å². The van der Waals surface area contributed by atoms with E-state index in [0.29, 0.717) is 0 Å². The molecule has 0 aliphatic heterocycles. The lowest BCUT2D eigenvalue weighted by molar-refractivity contribution is -0.305. The van der Waals surface area contributed by atoms with Crippen LogP contribution in [0.25, 0.3) is 0 Å². The van der Waals surface area contributed by atoms with E-state index in [1.807, 2.05) is 0 Å². The molecule has 0 N–H and O–H groups in total. The van der Waals surface area contributed by atoms with E-state index in [9.17, 15) is 9.90 Å². The van der Waals surface area contributed by atoms with Gasteiger partial charge in [0.15, 0.2) is 0 Å². The van der Waals surface area contributed by atoms with Crippen molar-refractivity contribution in [3.8, 4) is 0 Å². The fraction of sp³-hybridized carbons (Fsp3) is 0.947. The van der Waals surface area contributed by atoms with Crippen LogP contribution in [0.2, 0.25) is 0 Å². The molecule has 1 saturated carbocycles. The van der Waals surface area contributed by atoms with Crippen molar-refractivity contribution in [2.75, 3.05) is 0 Å². The molecule has 2 nitrogen and oxygen atoms in total. The van der Waals surface area contributed by atoms with Crippen molar-refractivity contribution >= 4 is 5.97 Å². The average Bonchev–Trinajstić information content (AvgIpc) is 3.20. The van der Waals surface area contributed by atoms with Crippen molar-refractivity contribution in [3.05, 3.63) is 0 Å². The zero-order valence-electron chi connectivity index (χ0n) is 14.1. The number of unbranched alkanes of at least 4 members (excludes halogenated alkanes) is 9. The summed E-state index contributed by atoms with van der Waals surface area (Å²) in [7, 11) is 0. The predicted molar refractivity (Wildman–Crippen MR) is 86.9 cm³/mol. The molecular weight excluding hydrogens is 260 g/mol. The molecule has 2 atom stereocenters. The molecule has 0 amide bonds. The number of carbonyl (C=O) groups is 1. The van der Waals surface area contributed by atoms with Gasteiger partial charge in [-0.1, -0.05) is 84.0 Å². The first kappa shape index (κ1) is 18.5. The third-order valence-electron chi connectivity index (χ3n) is 4.95. The summed E-state index contributed by atoms with van der Waals surface area (Å²) in [6.07, 6.45) is 18.8. The summed E-state index contributed by atoms with van der Waals surface area (Å²) >= 11 is 0. The number of hydrogen-bond acceptors (Lipinski definition) is 2. The molecule has 0 saturated heterocycles. The van der Waals surface area contributed by atoms with Crippen LogP contribution in [0, 0.1) is 11.8 Å². The van der Waals surface area contributed by atoms with Gasteiger partial charge in [-0.3, -0.25) is 0 Å². The van der Waals surface area contributed by atoms with Crippen LogP contribution in [0.4, 0.5) is 0 Å². The SMILES string of the molecule is CCCCCCC1C[C@H]1CCCCCCCCCC(=O)[O-]. The number of carboxylic acid groups (broad SMARTS) is 1. The largest absolute Gasteiger partial charge is 0.550 e. The Hall–Kier alpha value is -0.530. The van der Waals surface area contributed by atoms with E-state index in [1.165, 1.54) is 77.0 Å².